The van der Waals surface area contributed by atoms with Gasteiger partial charge in [-0.2, -0.15) is 0 Å². The van der Waals surface area contributed by atoms with Crippen LogP contribution in [0.2, 0.25) is 0 Å². The number of ketones is 1. The van der Waals surface area contributed by atoms with Crippen molar-refractivity contribution >= 4 is 5.78 Å². The molecule has 3 nitrogen and oxygen atoms in total. The highest BCUT2D eigenvalue weighted by atomic mass is 16.5. The summed E-state index contributed by atoms with van der Waals surface area (Å²) in [6, 6.07) is 8.25. The Morgan fingerprint density at radius 2 is 2.16 bits per heavy atom. The first kappa shape index (κ1) is 14.2. The van der Waals surface area contributed by atoms with Crippen LogP contribution in [0.25, 0.3) is 0 Å². The third-order valence-corrected chi connectivity index (χ3v) is 4.04. The SMILES string of the molecule is Cc1ccccc1C(=O)CCN(C)C1CCOC1C. The molecule has 0 aliphatic carbocycles. The summed E-state index contributed by atoms with van der Waals surface area (Å²) in [5.74, 6) is 0.233. The van der Waals surface area contributed by atoms with Gasteiger partial charge in [-0.25, -0.2) is 0 Å². The predicted octanol–water partition coefficient (Wildman–Crippen LogP) is 2.68. The lowest BCUT2D eigenvalue weighted by atomic mass is 10.0. The smallest absolute Gasteiger partial charge is 0.164 e. The van der Waals surface area contributed by atoms with Gasteiger partial charge in [0.15, 0.2) is 5.78 Å². The van der Waals surface area contributed by atoms with Crippen molar-refractivity contribution < 1.29 is 9.53 Å². The lowest BCUT2D eigenvalue weighted by Gasteiger charge is -2.26. The summed E-state index contributed by atoms with van der Waals surface area (Å²) in [7, 11) is 2.08. The van der Waals surface area contributed by atoms with Crippen LogP contribution in [0.1, 0.15) is 35.7 Å². The molecule has 0 radical (unpaired) electrons. The standard InChI is InChI=1S/C16H23NO2/c1-12-6-4-5-7-14(12)16(18)8-10-17(3)15-9-11-19-13(15)2/h4-7,13,15H,8-11H2,1-3H3. The highest BCUT2D eigenvalue weighted by Gasteiger charge is 2.27. The minimum Gasteiger partial charge on any atom is -0.377 e. The molecule has 1 aromatic carbocycles. The molecule has 1 aromatic rings. The highest BCUT2D eigenvalue weighted by Crippen LogP contribution is 2.19. The van der Waals surface area contributed by atoms with Crippen molar-refractivity contribution in [2.24, 2.45) is 0 Å². The zero-order valence-electron chi connectivity index (χ0n) is 12.1. The fourth-order valence-corrected chi connectivity index (χ4v) is 2.76. The first-order chi connectivity index (χ1) is 9.09. The minimum atomic E-state index is 0.233. The van der Waals surface area contributed by atoms with Gasteiger partial charge in [-0.15, -0.1) is 0 Å². The van der Waals surface area contributed by atoms with Crippen LogP contribution < -0.4 is 0 Å². The Kier molecular flexibility index (Phi) is 4.72. The van der Waals surface area contributed by atoms with Crippen LogP contribution >= 0.6 is 0 Å². The molecule has 0 aromatic heterocycles. The molecule has 0 bridgehead atoms. The van der Waals surface area contributed by atoms with Crippen LogP contribution in [-0.4, -0.2) is 43.0 Å². The van der Waals surface area contributed by atoms with Gasteiger partial charge in [-0.1, -0.05) is 24.3 Å². The average Bonchev–Trinajstić information content (AvgIpc) is 2.82. The van der Waals surface area contributed by atoms with Gasteiger partial charge < -0.3 is 9.64 Å². The van der Waals surface area contributed by atoms with Crippen LogP contribution in [0.5, 0.6) is 0 Å². The number of Topliss-reactive ketones (excluding diaryl/α,β-unsaturated/α-hetero) is 1. The number of benzene rings is 1. The van der Waals surface area contributed by atoms with Gasteiger partial charge in [0.05, 0.1) is 6.10 Å². The lowest BCUT2D eigenvalue weighted by Crippen LogP contribution is -2.37. The molecule has 0 saturated carbocycles. The topological polar surface area (TPSA) is 29.5 Å². The van der Waals surface area contributed by atoms with Crippen LogP contribution in [0.4, 0.5) is 0 Å². The Morgan fingerprint density at radius 3 is 2.79 bits per heavy atom. The largest absolute Gasteiger partial charge is 0.377 e. The monoisotopic (exact) mass is 261 g/mol. The van der Waals surface area contributed by atoms with Crippen LogP contribution in [-0.2, 0) is 4.74 Å². The van der Waals surface area contributed by atoms with Crippen molar-refractivity contribution in [1.82, 2.24) is 4.90 Å². The summed E-state index contributed by atoms with van der Waals surface area (Å²) in [4.78, 5) is 14.5. The number of carbonyl (C=O) groups excluding carboxylic acids is 1. The zero-order chi connectivity index (χ0) is 13.8. The maximum absolute atomic E-state index is 12.2. The molecule has 1 saturated heterocycles. The number of likely N-dealkylation sites (N-methyl/N-ethyl adjacent to an activating group) is 1. The minimum absolute atomic E-state index is 0.233. The van der Waals surface area contributed by atoms with Crippen LogP contribution in [0.3, 0.4) is 0 Å². The van der Waals surface area contributed by atoms with Crippen LogP contribution in [0, 0.1) is 6.92 Å². The van der Waals surface area contributed by atoms with Crippen molar-refractivity contribution in [3.63, 3.8) is 0 Å². The van der Waals surface area contributed by atoms with Crippen molar-refractivity contribution in [1.29, 1.82) is 0 Å². The molecular formula is C16H23NO2. The van der Waals surface area contributed by atoms with E-state index in [0.29, 0.717) is 12.5 Å². The number of nitrogens with zero attached hydrogens (tertiary/aromatic N) is 1. The van der Waals surface area contributed by atoms with Crippen molar-refractivity contribution in [2.45, 2.75) is 38.8 Å². The number of hydrogen-bond donors (Lipinski definition) is 0. The number of carbonyl (C=O) groups is 1. The molecular weight excluding hydrogens is 238 g/mol. The second kappa shape index (κ2) is 6.31. The normalized spacial score (nSPS) is 22.9. The van der Waals surface area contributed by atoms with E-state index < -0.39 is 0 Å². The Labute approximate surface area is 115 Å². The van der Waals surface area contributed by atoms with Crippen molar-refractivity contribution in [3.8, 4) is 0 Å². The summed E-state index contributed by atoms with van der Waals surface area (Å²) in [5, 5.41) is 0. The molecule has 2 atom stereocenters. The third kappa shape index (κ3) is 3.43. The predicted molar refractivity (Wildman–Crippen MR) is 76.6 cm³/mol. The van der Waals surface area contributed by atoms with Gasteiger partial charge in [-0.05, 0) is 32.9 Å². The van der Waals surface area contributed by atoms with E-state index in [1.54, 1.807) is 0 Å². The Morgan fingerprint density at radius 1 is 1.42 bits per heavy atom. The van der Waals surface area contributed by atoms with Crippen molar-refractivity contribution in [2.75, 3.05) is 20.2 Å². The Bertz CT molecular complexity index is 444. The molecule has 19 heavy (non-hydrogen) atoms. The van der Waals surface area contributed by atoms with Gasteiger partial charge in [0.25, 0.3) is 0 Å². The van der Waals surface area contributed by atoms with Gasteiger partial charge in [0.2, 0.25) is 0 Å². The van der Waals surface area contributed by atoms with Gasteiger partial charge in [0.1, 0.15) is 0 Å². The van der Waals surface area contributed by atoms with Crippen LogP contribution in [0.15, 0.2) is 24.3 Å². The summed E-state index contributed by atoms with van der Waals surface area (Å²) in [6.07, 6.45) is 1.92. The van der Waals surface area contributed by atoms with E-state index in [4.69, 9.17) is 4.74 Å². The molecule has 0 spiro atoms. The molecule has 104 valence electrons. The maximum atomic E-state index is 12.2. The van der Waals surface area contributed by atoms with E-state index >= 15 is 0 Å². The molecule has 1 aliphatic rings. The summed E-state index contributed by atoms with van der Waals surface area (Å²) < 4.78 is 5.57. The quantitative estimate of drug-likeness (QED) is 0.763. The molecule has 2 unspecified atom stereocenters. The molecule has 2 rings (SSSR count). The number of ether oxygens (including phenoxy) is 1. The number of hydrogen-bond acceptors (Lipinski definition) is 3. The second-order valence-corrected chi connectivity index (χ2v) is 5.40. The van der Waals surface area contributed by atoms with Gasteiger partial charge in [0, 0.05) is 31.2 Å². The lowest BCUT2D eigenvalue weighted by molar-refractivity contribution is 0.0793. The summed E-state index contributed by atoms with van der Waals surface area (Å²) in [6.45, 7) is 5.73. The van der Waals surface area contributed by atoms with E-state index in [0.717, 1.165) is 30.7 Å². The van der Waals surface area contributed by atoms with Gasteiger partial charge >= 0.3 is 0 Å². The highest BCUT2D eigenvalue weighted by molar-refractivity contribution is 5.97. The van der Waals surface area contributed by atoms with E-state index in [1.165, 1.54) is 0 Å². The van der Waals surface area contributed by atoms with Crippen molar-refractivity contribution in [3.05, 3.63) is 35.4 Å². The fraction of sp³-hybridized carbons (Fsp3) is 0.562. The van der Waals surface area contributed by atoms with Gasteiger partial charge in [-0.3, -0.25) is 4.79 Å². The second-order valence-electron chi connectivity index (χ2n) is 5.40. The molecule has 0 N–H and O–H groups in total. The van der Waals surface area contributed by atoms with E-state index in [2.05, 4.69) is 18.9 Å². The summed E-state index contributed by atoms with van der Waals surface area (Å²) >= 11 is 0. The van der Waals surface area contributed by atoms with E-state index in [1.807, 2.05) is 31.2 Å². The maximum Gasteiger partial charge on any atom is 0.164 e. The number of rotatable bonds is 5. The third-order valence-electron chi connectivity index (χ3n) is 4.04. The molecule has 1 heterocycles. The molecule has 1 fully saturated rings. The molecule has 0 amide bonds. The first-order valence-electron chi connectivity index (χ1n) is 7.00. The average molecular weight is 261 g/mol. The Hall–Kier alpha value is -1.19. The summed E-state index contributed by atoms with van der Waals surface area (Å²) in [5.41, 5.74) is 1.92. The first-order valence-corrected chi connectivity index (χ1v) is 7.00. The van der Waals surface area contributed by atoms with E-state index in [9.17, 15) is 4.79 Å². The van der Waals surface area contributed by atoms with E-state index in [-0.39, 0.29) is 11.9 Å². The number of aryl methyl sites for hydroxylation is 1. The molecule has 3 heteroatoms. The molecule has 1 aliphatic heterocycles. The Balaban J connectivity index is 1.88. The zero-order valence-corrected chi connectivity index (χ0v) is 12.1. The fourth-order valence-electron chi connectivity index (χ4n) is 2.76.